The molecule has 0 unspecified atom stereocenters. The number of rotatable bonds is 8. The third-order valence-electron chi connectivity index (χ3n) is 2.36. The molecular formula is C13H17Cl2O. The summed E-state index contributed by atoms with van der Waals surface area (Å²) in [4.78, 5) is 0. The highest BCUT2D eigenvalue weighted by Crippen LogP contribution is 2.18. The van der Waals surface area contributed by atoms with Gasteiger partial charge in [0, 0.05) is 11.8 Å². The summed E-state index contributed by atoms with van der Waals surface area (Å²) in [7, 11) is 0. The van der Waals surface area contributed by atoms with Crippen molar-refractivity contribution in [2.24, 2.45) is 0 Å². The van der Waals surface area contributed by atoms with Crippen LogP contribution in [0, 0.1) is 5.92 Å². The molecule has 0 N–H and O–H groups in total. The van der Waals surface area contributed by atoms with Crippen molar-refractivity contribution < 1.29 is 4.74 Å². The minimum Gasteiger partial charge on any atom is -0.494 e. The van der Waals surface area contributed by atoms with Gasteiger partial charge < -0.3 is 4.74 Å². The molecule has 1 aromatic carbocycles. The summed E-state index contributed by atoms with van der Waals surface area (Å²) in [6, 6.07) is 9.84. The minimum atomic E-state index is 0.664. The highest BCUT2D eigenvalue weighted by molar-refractivity contribution is 6.18. The highest BCUT2D eigenvalue weighted by Gasteiger charge is 2.08. The van der Waals surface area contributed by atoms with Crippen LogP contribution in [-0.2, 0) is 0 Å². The lowest BCUT2D eigenvalue weighted by Gasteiger charge is -2.14. The first-order valence-electron chi connectivity index (χ1n) is 5.50. The molecule has 0 atom stereocenters. The van der Waals surface area contributed by atoms with Crippen LogP contribution in [0.25, 0.3) is 0 Å². The fourth-order valence-electron chi connectivity index (χ4n) is 1.47. The van der Waals surface area contributed by atoms with E-state index in [0.717, 1.165) is 25.0 Å². The molecule has 0 saturated heterocycles. The van der Waals surface area contributed by atoms with E-state index in [1.807, 2.05) is 30.3 Å². The largest absolute Gasteiger partial charge is 0.494 e. The maximum absolute atomic E-state index is 5.72. The van der Waals surface area contributed by atoms with Gasteiger partial charge >= 0.3 is 0 Å². The van der Waals surface area contributed by atoms with E-state index in [0.29, 0.717) is 18.4 Å². The summed E-state index contributed by atoms with van der Waals surface area (Å²) in [5, 5.41) is 0. The molecule has 1 rings (SSSR count). The van der Waals surface area contributed by atoms with E-state index in [-0.39, 0.29) is 0 Å². The van der Waals surface area contributed by atoms with Gasteiger partial charge in [-0.1, -0.05) is 18.2 Å². The summed E-state index contributed by atoms with van der Waals surface area (Å²) in [5.74, 6) is 3.63. The van der Waals surface area contributed by atoms with E-state index in [9.17, 15) is 0 Å². The second-order valence-corrected chi connectivity index (χ2v) is 4.30. The van der Waals surface area contributed by atoms with Crippen molar-refractivity contribution in [2.75, 3.05) is 18.4 Å². The first-order valence-corrected chi connectivity index (χ1v) is 6.57. The standard InChI is InChI=1S/C13H17Cl2O/c14-9-6-12(7-10-15)8-11-16-13-4-2-1-3-5-13/h1-5H,6-11H2. The number of hydrogen-bond acceptors (Lipinski definition) is 1. The van der Waals surface area contributed by atoms with Gasteiger partial charge in [0.15, 0.2) is 0 Å². The van der Waals surface area contributed by atoms with Crippen molar-refractivity contribution >= 4 is 23.2 Å². The van der Waals surface area contributed by atoms with Crippen LogP contribution in [0.15, 0.2) is 30.3 Å². The van der Waals surface area contributed by atoms with Crippen LogP contribution in [0.3, 0.4) is 0 Å². The summed E-state index contributed by atoms with van der Waals surface area (Å²) >= 11 is 11.4. The van der Waals surface area contributed by atoms with Gasteiger partial charge in [-0.15, -0.1) is 23.2 Å². The molecule has 1 aromatic rings. The number of benzene rings is 1. The Balaban J connectivity index is 2.22. The fourth-order valence-corrected chi connectivity index (χ4v) is 2.01. The van der Waals surface area contributed by atoms with Crippen LogP contribution in [0.5, 0.6) is 5.75 Å². The lowest BCUT2D eigenvalue weighted by atomic mass is 10.00. The average molecular weight is 260 g/mol. The predicted molar refractivity (Wildman–Crippen MR) is 70.5 cm³/mol. The van der Waals surface area contributed by atoms with Gasteiger partial charge in [-0.25, -0.2) is 0 Å². The van der Waals surface area contributed by atoms with E-state index >= 15 is 0 Å². The molecule has 0 amide bonds. The molecule has 16 heavy (non-hydrogen) atoms. The van der Waals surface area contributed by atoms with E-state index in [4.69, 9.17) is 27.9 Å². The molecule has 0 aliphatic rings. The number of alkyl halides is 2. The third kappa shape index (κ3) is 5.62. The Morgan fingerprint density at radius 2 is 1.56 bits per heavy atom. The number of hydrogen-bond donors (Lipinski definition) is 0. The van der Waals surface area contributed by atoms with Gasteiger partial charge in [-0.05, 0) is 37.3 Å². The van der Waals surface area contributed by atoms with Crippen molar-refractivity contribution in [1.29, 1.82) is 0 Å². The van der Waals surface area contributed by atoms with Crippen molar-refractivity contribution in [3.63, 3.8) is 0 Å². The second kappa shape index (κ2) is 8.72. The van der Waals surface area contributed by atoms with Crippen LogP contribution in [0.1, 0.15) is 19.3 Å². The van der Waals surface area contributed by atoms with E-state index in [1.54, 1.807) is 0 Å². The molecule has 0 spiro atoms. The molecular weight excluding hydrogens is 243 g/mol. The van der Waals surface area contributed by atoms with Crippen molar-refractivity contribution in [2.45, 2.75) is 19.3 Å². The normalized spacial score (nSPS) is 10.7. The van der Waals surface area contributed by atoms with Gasteiger partial charge in [0.25, 0.3) is 0 Å². The Morgan fingerprint density at radius 1 is 0.938 bits per heavy atom. The van der Waals surface area contributed by atoms with Crippen LogP contribution < -0.4 is 4.74 Å². The Bertz CT molecular complexity index is 258. The highest BCUT2D eigenvalue weighted by atomic mass is 35.5. The van der Waals surface area contributed by atoms with Crippen LogP contribution in [0.4, 0.5) is 0 Å². The zero-order chi connectivity index (χ0) is 11.6. The molecule has 0 aliphatic heterocycles. The van der Waals surface area contributed by atoms with Crippen molar-refractivity contribution in [3.05, 3.63) is 36.2 Å². The van der Waals surface area contributed by atoms with Crippen LogP contribution >= 0.6 is 23.2 Å². The molecule has 1 radical (unpaired) electrons. The Hall–Kier alpha value is -0.400. The predicted octanol–water partition coefficient (Wildman–Crippen LogP) is 4.29. The molecule has 0 fully saturated rings. The summed E-state index contributed by atoms with van der Waals surface area (Å²) in [6.45, 7) is 0.702. The van der Waals surface area contributed by atoms with Crippen LogP contribution in [0.2, 0.25) is 0 Å². The number of ether oxygens (including phenoxy) is 1. The number of halogens is 2. The van der Waals surface area contributed by atoms with Gasteiger partial charge in [-0.3, -0.25) is 0 Å². The summed E-state index contributed by atoms with van der Waals surface area (Å²) in [5.41, 5.74) is 0. The quantitative estimate of drug-likeness (QED) is 0.633. The first kappa shape index (κ1) is 13.7. The van der Waals surface area contributed by atoms with E-state index in [1.165, 1.54) is 5.92 Å². The SMILES string of the molecule is ClCC[C](CCCl)CCOc1ccccc1. The molecule has 89 valence electrons. The van der Waals surface area contributed by atoms with Gasteiger partial charge in [0.2, 0.25) is 0 Å². The first-order chi connectivity index (χ1) is 7.86. The molecule has 0 saturated carbocycles. The maximum Gasteiger partial charge on any atom is 0.119 e. The van der Waals surface area contributed by atoms with E-state index < -0.39 is 0 Å². The zero-order valence-electron chi connectivity index (χ0n) is 9.29. The lowest BCUT2D eigenvalue weighted by molar-refractivity contribution is 0.310. The average Bonchev–Trinajstić information content (AvgIpc) is 2.31. The van der Waals surface area contributed by atoms with Crippen molar-refractivity contribution in [3.8, 4) is 5.75 Å². The van der Waals surface area contributed by atoms with Crippen molar-refractivity contribution in [1.82, 2.24) is 0 Å². The monoisotopic (exact) mass is 259 g/mol. The molecule has 1 nitrogen and oxygen atoms in total. The Morgan fingerprint density at radius 3 is 2.12 bits per heavy atom. The molecule has 0 aliphatic carbocycles. The lowest BCUT2D eigenvalue weighted by Crippen LogP contribution is -2.07. The van der Waals surface area contributed by atoms with E-state index in [2.05, 4.69) is 0 Å². The van der Waals surface area contributed by atoms with Crippen LogP contribution in [-0.4, -0.2) is 18.4 Å². The molecule has 3 heteroatoms. The van der Waals surface area contributed by atoms with Gasteiger partial charge in [-0.2, -0.15) is 0 Å². The zero-order valence-corrected chi connectivity index (χ0v) is 10.8. The third-order valence-corrected chi connectivity index (χ3v) is 2.74. The summed E-state index contributed by atoms with van der Waals surface area (Å²) < 4.78 is 5.62. The molecule has 0 bridgehead atoms. The second-order valence-electron chi connectivity index (χ2n) is 3.54. The Labute approximate surface area is 108 Å². The number of para-hydroxylation sites is 1. The van der Waals surface area contributed by atoms with Gasteiger partial charge in [0.1, 0.15) is 5.75 Å². The topological polar surface area (TPSA) is 9.23 Å². The Kier molecular flexibility index (Phi) is 7.45. The maximum atomic E-state index is 5.72. The van der Waals surface area contributed by atoms with Gasteiger partial charge in [0.05, 0.1) is 6.61 Å². The minimum absolute atomic E-state index is 0.664. The molecule has 0 heterocycles. The summed E-state index contributed by atoms with van der Waals surface area (Å²) in [6.07, 6.45) is 2.81. The fraction of sp³-hybridized carbons (Fsp3) is 0.462. The molecule has 0 aromatic heterocycles. The smallest absolute Gasteiger partial charge is 0.119 e.